The molecule has 1 aliphatic rings. The number of aliphatic imine (C=N–C) groups is 1. The van der Waals surface area contributed by atoms with Gasteiger partial charge >= 0.3 is 0 Å². The first kappa shape index (κ1) is 21.3. The van der Waals surface area contributed by atoms with Gasteiger partial charge in [-0.1, -0.05) is 44.2 Å². The molecule has 3 N–H and O–H groups in total. The van der Waals surface area contributed by atoms with E-state index in [4.69, 9.17) is 9.73 Å². The number of hydrogen-bond acceptors (Lipinski definition) is 4. The molecule has 0 saturated carbocycles. The van der Waals surface area contributed by atoms with Gasteiger partial charge in [-0.3, -0.25) is 4.90 Å². The number of rotatable bonds is 8. The number of ether oxygens (including phenoxy) is 1. The lowest BCUT2D eigenvalue weighted by atomic mass is 10.0. The Morgan fingerprint density at radius 3 is 2.66 bits per heavy atom. The van der Waals surface area contributed by atoms with Gasteiger partial charge in [-0.25, -0.2) is 9.98 Å². The molecule has 0 radical (unpaired) electrons. The number of nitrogens with one attached hydrogen (secondary N) is 3. The molecule has 1 atom stereocenters. The molecule has 2 aromatic rings. The van der Waals surface area contributed by atoms with E-state index in [0.717, 1.165) is 62.4 Å². The molecule has 0 spiro atoms. The van der Waals surface area contributed by atoms with Gasteiger partial charge in [0.1, 0.15) is 12.4 Å². The van der Waals surface area contributed by atoms with Crippen molar-refractivity contribution < 1.29 is 4.74 Å². The normalized spacial score (nSPS) is 16.8. The van der Waals surface area contributed by atoms with Crippen LogP contribution in [0.2, 0.25) is 0 Å². The Bertz CT molecular complexity index is 752. The van der Waals surface area contributed by atoms with E-state index in [0.29, 0.717) is 18.5 Å². The summed E-state index contributed by atoms with van der Waals surface area (Å²) in [6.07, 6.45) is 1.87. The summed E-state index contributed by atoms with van der Waals surface area (Å²) < 4.78 is 5.51. The molecule has 0 aliphatic carbocycles. The smallest absolute Gasteiger partial charge is 0.191 e. The minimum absolute atomic E-state index is 0.455. The molecule has 3 rings (SSSR count). The van der Waals surface area contributed by atoms with Crippen LogP contribution in [0.15, 0.2) is 41.5 Å². The number of imidazole rings is 1. The number of nitrogens with zero attached hydrogens (tertiary/aromatic N) is 3. The van der Waals surface area contributed by atoms with E-state index < -0.39 is 0 Å². The van der Waals surface area contributed by atoms with Gasteiger partial charge in [-0.05, 0) is 18.4 Å². The average molecular weight is 399 g/mol. The van der Waals surface area contributed by atoms with Crippen LogP contribution >= 0.6 is 0 Å². The van der Waals surface area contributed by atoms with Gasteiger partial charge < -0.3 is 20.4 Å². The van der Waals surface area contributed by atoms with Gasteiger partial charge in [0.2, 0.25) is 0 Å². The third-order valence-corrected chi connectivity index (χ3v) is 5.21. The lowest BCUT2D eigenvalue weighted by Gasteiger charge is -2.37. The average Bonchev–Trinajstić information content (AvgIpc) is 3.22. The maximum atomic E-state index is 5.51. The van der Waals surface area contributed by atoms with Crippen molar-refractivity contribution in [1.29, 1.82) is 0 Å². The predicted molar refractivity (Wildman–Crippen MR) is 118 cm³/mol. The Morgan fingerprint density at radius 1 is 1.21 bits per heavy atom. The summed E-state index contributed by atoms with van der Waals surface area (Å²) in [5.41, 5.74) is 2.14. The zero-order chi connectivity index (χ0) is 20.5. The molecule has 1 aliphatic heterocycles. The zero-order valence-electron chi connectivity index (χ0n) is 17.8. The highest BCUT2D eigenvalue weighted by molar-refractivity contribution is 5.79. The molecule has 29 heavy (non-hydrogen) atoms. The fraction of sp³-hybridized carbons (Fsp3) is 0.545. The number of aromatic amines is 1. The van der Waals surface area contributed by atoms with E-state index in [9.17, 15) is 0 Å². The molecule has 0 amide bonds. The molecule has 2 heterocycles. The second-order valence-corrected chi connectivity index (χ2v) is 7.65. The Labute approximate surface area is 174 Å². The number of H-pyrrole nitrogens is 1. The second-order valence-electron chi connectivity index (χ2n) is 7.65. The maximum Gasteiger partial charge on any atom is 0.191 e. The highest BCUT2D eigenvalue weighted by Crippen LogP contribution is 2.16. The fourth-order valence-corrected chi connectivity index (χ4v) is 3.60. The van der Waals surface area contributed by atoms with Crippen molar-refractivity contribution in [2.24, 2.45) is 10.9 Å². The minimum Gasteiger partial charge on any atom is -0.379 e. The monoisotopic (exact) mass is 398 g/mol. The van der Waals surface area contributed by atoms with Gasteiger partial charge in [0.15, 0.2) is 5.96 Å². The lowest BCUT2D eigenvalue weighted by Crippen LogP contribution is -2.52. The summed E-state index contributed by atoms with van der Waals surface area (Å²) in [6, 6.07) is 10.7. The van der Waals surface area contributed by atoms with Crippen molar-refractivity contribution in [3.63, 3.8) is 0 Å². The number of benzene rings is 1. The van der Waals surface area contributed by atoms with Crippen LogP contribution in [0.3, 0.4) is 0 Å². The van der Waals surface area contributed by atoms with Crippen LogP contribution in [0.1, 0.15) is 26.6 Å². The topological polar surface area (TPSA) is 77.6 Å². The Kier molecular flexibility index (Phi) is 8.07. The zero-order valence-corrected chi connectivity index (χ0v) is 17.8. The summed E-state index contributed by atoms with van der Waals surface area (Å²) >= 11 is 0. The number of hydrogen-bond donors (Lipinski definition) is 3. The summed E-state index contributed by atoms with van der Waals surface area (Å²) in [4.78, 5) is 15.1. The van der Waals surface area contributed by atoms with Crippen LogP contribution in [-0.4, -0.2) is 66.3 Å². The predicted octanol–water partition coefficient (Wildman–Crippen LogP) is 2.49. The molecule has 158 valence electrons. The molecule has 1 aromatic carbocycles. The SMILES string of the molecule is CCNC(=NCc1ncc(-c2ccccc2)[nH]1)NCC(C(C)C)N1CCOCC1. The van der Waals surface area contributed by atoms with Crippen LogP contribution < -0.4 is 10.6 Å². The third kappa shape index (κ3) is 6.30. The van der Waals surface area contributed by atoms with Gasteiger partial charge in [0.05, 0.1) is 25.1 Å². The maximum absolute atomic E-state index is 5.51. The molecule has 1 aromatic heterocycles. The van der Waals surface area contributed by atoms with Gasteiger partial charge in [0, 0.05) is 32.2 Å². The summed E-state index contributed by atoms with van der Waals surface area (Å²) in [5.74, 6) is 2.24. The van der Waals surface area contributed by atoms with Crippen molar-refractivity contribution in [2.75, 3.05) is 39.4 Å². The van der Waals surface area contributed by atoms with Crippen LogP contribution in [0.4, 0.5) is 0 Å². The van der Waals surface area contributed by atoms with Crippen LogP contribution in [0, 0.1) is 5.92 Å². The van der Waals surface area contributed by atoms with Crippen LogP contribution in [0.5, 0.6) is 0 Å². The van der Waals surface area contributed by atoms with Crippen LogP contribution in [0.25, 0.3) is 11.3 Å². The number of morpholine rings is 1. The summed E-state index contributed by atoms with van der Waals surface area (Å²) in [7, 11) is 0. The quantitative estimate of drug-likeness (QED) is 0.470. The molecular formula is C22H34N6O. The van der Waals surface area contributed by atoms with Gasteiger partial charge in [0.25, 0.3) is 0 Å². The van der Waals surface area contributed by atoms with Crippen LogP contribution in [-0.2, 0) is 11.3 Å². The van der Waals surface area contributed by atoms with Gasteiger partial charge in [-0.2, -0.15) is 0 Å². The molecule has 1 saturated heterocycles. The van der Waals surface area contributed by atoms with Crippen molar-refractivity contribution in [2.45, 2.75) is 33.4 Å². The fourth-order valence-electron chi connectivity index (χ4n) is 3.60. The second kappa shape index (κ2) is 11.0. The molecule has 0 bridgehead atoms. The highest BCUT2D eigenvalue weighted by atomic mass is 16.5. The molecular weight excluding hydrogens is 364 g/mol. The third-order valence-electron chi connectivity index (χ3n) is 5.21. The summed E-state index contributed by atoms with van der Waals surface area (Å²) in [5, 5.41) is 6.87. The molecule has 1 fully saturated rings. The van der Waals surface area contributed by atoms with E-state index in [2.05, 4.69) is 58.4 Å². The Morgan fingerprint density at radius 2 is 1.97 bits per heavy atom. The van der Waals surface area contributed by atoms with E-state index in [-0.39, 0.29) is 0 Å². The van der Waals surface area contributed by atoms with E-state index in [1.165, 1.54) is 0 Å². The largest absolute Gasteiger partial charge is 0.379 e. The van der Waals surface area contributed by atoms with Crippen molar-refractivity contribution in [3.8, 4) is 11.3 Å². The van der Waals surface area contributed by atoms with Gasteiger partial charge in [-0.15, -0.1) is 0 Å². The van der Waals surface area contributed by atoms with E-state index in [1.807, 2.05) is 24.4 Å². The number of guanidine groups is 1. The molecule has 1 unspecified atom stereocenters. The molecule has 7 heteroatoms. The summed E-state index contributed by atoms with van der Waals surface area (Å²) in [6.45, 7) is 12.4. The van der Waals surface area contributed by atoms with Crippen molar-refractivity contribution in [3.05, 3.63) is 42.4 Å². The first-order chi connectivity index (χ1) is 14.2. The Hall–Kier alpha value is -2.38. The van der Waals surface area contributed by atoms with E-state index in [1.54, 1.807) is 0 Å². The van der Waals surface area contributed by atoms with Crippen molar-refractivity contribution >= 4 is 5.96 Å². The molecule has 7 nitrogen and oxygen atoms in total. The standard InChI is InChI=1S/C22H34N6O/c1-4-23-22(25-15-20(17(2)3)28-10-12-29-13-11-28)26-16-21-24-14-19(27-21)18-8-6-5-7-9-18/h5-9,14,17,20H,4,10-13,15-16H2,1-3H3,(H,24,27)(H2,23,25,26). The first-order valence-corrected chi connectivity index (χ1v) is 10.6. The van der Waals surface area contributed by atoms with E-state index >= 15 is 0 Å². The first-order valence-electron chi connectivity index (χ1n) is 10.6. The van der Waals surface area contributed by atoms with Crippen molar-refractivity contribution in [1.82, 2.24) is 25.5 Å². The lowest BCUT2D eigenvalue weighted by molar-refractivity contribution is 0.00752. The minimum atomic E-state index is 0.455. The Balaban J connectivity index is 1.60. The highest BCUT2D eigenvalue weighted by Gasteiger charge is 2.23. The number of aromatic nitrogens is 2.